The quantitative estimate of drug-likeness (QED) is 0.252. The van der Waals surface area contributed by atoms with Crippen LogP contribution in [0.25, 0.3) is 5.57 Å². The van der Waals surface area contributed by atoms with Crippen LogP contribution in [-0.4, -0.2) is 105 Å². The first-order chi connectivity index (χ1) is 18.7. The molecule has 13 heteroatoms. The van der Waals surface area contributed by atoms with E-state index in [2.05, 4.69) is 16.7 Å². The van der Waals surface area contributed by atoms with Crippen LogP contribution in [0.1, 0.15) is 24.5 Å². The van der Waals surface area contributed by atoms with E-state index in [1.807, 2.05) is 24.3 Å². The fourth-order valence-electron chi connectivity index (χ4n) is 5.15. The molecule has 2 fully saturated rings. The molecule has 0 saturated carbocycles. The third kappa shape index (κ3) is 7.88. The number of thioether (sulfide) groups is 1. The molecule has 10 atom stereocenters. The maximum Gasteiger partial charge on any atom is 0.240 e. The van der Waals surface area contributed by atoms with Gasteiger partial charge in [0.25, 0.3) is 0 Å². The molecular weight excluding hydrogens is 571 g/mol. The highest BCUT2D eigenvalue weighted by molar-refractivity contribution is 7.99. The first kappa shape index (κ1) is 32.6. The Balaban J connectivity index is 0.00000134. The summed E-state index contributed by atoms with van der Waals surface area (Å²) in [6, 6.07) is 6.32. The van der Waals surface area contributed by atoms with Crippen LogP contribution in [0.3, 0.4) is 0 Å². The van der Waals surface area contributed by atoms with Gasteiger partial charge < -0.3 is 40.5 Å². The van der Waals surface area contributed by atoms with Crippen LogP contribution in [0.5, 0.6) is 0 Å². The molecule has 3 aliphatic rings. The van der Waals surface area contributed by atoms with Crippen molar-refractivity contribution in [3.63, 3.8) is 0 Å². The number of nitrogens with one attached hydrogen (secondary N) is 2. The van der Waals surface area contributed by atoms with E-state index in [-0.39, 0.29) is 36.7 Å². The van der Waals surface area contributed by atoms with Crippen LogP contribution in [0.15, 0.2) is 30.3 Å². The number of alkyl halides is 1. The van der Waals surface area contributed by atoms with Crippen molar-refractivity contribution in [2.45, 2.75) is 73.4 Å². The van der Waals surface area contributed by atoms with E-state index in [1.165, 1.54) is 18.0 Å². The molecule has 1 aromatic rings. The lowest BCUT2D eigenvalue weighted by atomic mass is 9.92. The van der Waals surface area contributed by atoms with Crippen LogP contribution >= 0.6 is 35.5 Å². The summed E-state index contributed by atoms with van der Waals surface area (Å²) in [6.45, 7) is 2.69. The summed E-state index contributed by atoms with van der Waals surface area (Å²) >= 11 is 7.86. The molecule has 0 radical (unpaired) electrons. The number of hydrogen-bond acceptors (Lipinski definition) is 10. The molecule has 0 spiro atoms. The van der Waals surface area contributed by atoms with E-state index < -0.39 is 47.3 Å². The zero-order valence-electron chi connectivity index (χ0n) is 22.1. The average Bonchev–Trinajstić information content (AvgIpc) is 3.21. The zero-order chi connectivity index (χ0) is 28.7. The van der Waals surface area contributed by atoms with Gasteiger partial charge in [-0.3, -0.25) is 4.79 Å². The highest BCUT2D eigenvalue weighted by atomic mass is 35.5. The minimum absolute atomic E-state index is 0.00380. The number of halogens is 2. The second-order valence-electron chi connectivity index (χ2n) is 9.72. The van der Waals surface area contributed by atoms with Crippen molar-refractivity contribution >= 4 is 47.0 Å². The lowest BCUT2D eigenvalue weighted by molar-refractivity contribution is -0.205. The minimum atomic E-state index is -1.43. The number of amides is 1. The predicted molar refractivity (Wildman–Crippen MR) is 152 cm³/mol. The molecule has 39 heavy (non-hydrogen) atoms. The van der Waals surface area contributed by atoms with Crippen molar-refractivity contribution in [1.82, 2.24) is 10.6 Å². The molecular formula is C26H38ClFN2O7S2. The van der Waals surface area contributed by atoms with Gasteiger partial charge in [-0.2, -0.15) is 3.89 Å². The molecule has 0 aliphatic carbocycles. The summed E-state index contributed by atoms with van der Waals surface area (Å²) < 4.78 is 22.2. The van der Waals surface area contributed by atoms with E-state index in [0.717, 1.165) is 16.7 Å². The Kier molecular flexibility index (Phi) is 12.8. The molecule has 3 heterocycles. The Hall–Kier alpha value is -0.930. The average molecular weight is 609 g/mol. The number of ether oxygens (including phenoxy) is 2. The van der Waals surface area contributed by atoms with Gasteiger partial charge in [0, 0.05) is 30.9 Å². The highest BCUT2D eigenvalue weighted by Gasteiger charge is 2.49. The molecule has 3 aliphatic heterocycles. The second kappa shape index (κ2) is 15.3. The molecule has 2 unspecified atom stereocenters. The summed E-state index contributed by atoms with van der Waals surface area (Å²) in [5.74, 6) is -0.349. The number of carbonyl (C=O) groups is 1. The summed E-state index contributed by atoms with van der Waals surface area (Å²) in [5, 5.41) is 45.9. The van der Waals surface area contributed by atoms with Crippen molar-refractivity contribution in [1.29, 1.82) is 0 Å². The number of fused-ring (bicyclic) bond motifs is 1. The van der Waals surface area contributed by atoms with Crippen molar-refractivity contribution < 1.29 is 38.6 Å². The normalized spacial score (nSPS) is 34.0. The fourth-order valence-corrected chi connectivity index (χ4v) is 6.03. The van der Waals surface area contributed by atoms with Gasteiger partial charge in [0.05, 0.1) is 30.7 Å². The zero-order valence-corrected chi connectivity index (χ0v) is 24.5. The predicted octanol–water partition coefficient (Wildman–Crippen LogP) is 1.46. The van der Waals surface area contributed by atoms with Gasteiger partial charge in [0.15, 0.2) is 0 Å². The number of aliphatic hydroxyl groups excluding tert-OH is 4. The van der Waals surface area contributed by atoms with Crippen molar-refractivity contribution in [3.05, 3.63) is 41.5 Å². The number of hydrogen-bond donors (Lipinski definition) is 6. The Labute approximate surface area is 242 Å². The van der Waals surface area contributed by atoms with Gasteiger partial charge in [0.2, 0.25) is 5.91 Å². The molecule has 1 amide bonds. The van der Waals surface area contributed by atoms with Crippen LogP contribution in [-0.2, 0) is 20.9 Å². The largest absolute Gasteiger partial charge is 0.392 e. The van der Waals surface area contributed by atoms with Crippen molar-refractivity contribution in [2.75, 3.05) is 25.7 Å². The lowest BCUT2D eigenvalue weighted by Crippen LogP contribution is -2.65. The van der Waals surface area contributed by atoms with Crippen LogP contribution < -0.4 is 10.6 Å². The van der Waals surface area contributed by atoms with Gasteiger partial charge in [-0.25, -0.2) is 0 Å². The Morgan fingerprint density at radius 3 is 2.46 bits per heavy atom. The smallest absolute Gasteiger partial charge is 0.240 e. The molecule has 0 aromatic heterocycles. The summed E-state index contributed by atoms with van der Waals surface area (Å²) in [7, 11) is 0. The van der Waals surface area contributed by atoms with E-state index >= 15 is 0 Å². The summed E-state index contributed by atoms with van der Waals surface area (Å²) in [6.07, 6.45) is 0.475. The van der Waals surface area contributed by atoms with Gasteiger partial charge in [0.1, 0.15) is 35.9 Å². The third-order valence-corrected chi connectivity index (χ3v) is 8.33. The molecule has 1 aromatic carbocycles. The SMILES string of the molecule is CSC1O[C@H]([C@H](NC(=O)[C@H]2NC[C@@H]3C=C(c4ccc(CO)cc4)CCO[C@@H]23)[C@H](C)Cl)C(O)[C@@H](O)[C@H]1O.CSF. The topological polar surface area (TPSA) is 141 Å². The summed E-state index contributed by atoms with van der Waals surface area (Å²) in [4.78, 5) is 13.4. The molecule has 2 saturated heterocycles. The number of aliphatic hydroxyl groups is 4. The Morgan fingerprint density at radius 2 is 1.87 bits per heavy atom. The highest BCUT2D eigenvalue weighted by Crippen LogP contribution is 2.32. The van der Waals surface area contributed by atoms with Crippen LogP contribution in [0.4, 0.5) is 3.89 Å². The van der Waals surface area contributed by atoms with Crippen LogP contribution in [0.2, 0.25) is 0 Å². The van der Waals surface area contributed by atoms with Gasteiger partial charge in [-0.15, -0.1) is 23.4 Å². The fraction of sp³-hybridized carbons (Fsp3) is 0.654. The maximum atomic E-state index is 13.4. The lowest BCUT2D eigenvalue weighted by Gasteiger charge is -2.44. The second-order valence-corrected chi connectivity index (χ2v) is 11.7. The van der Waals surface area contributed by atoms with E-state index in [4.69, 9.17) is 21.1 Å². The van der Waals surface area contributed by atoms with Crippen molar-refractivity contribution in [3.8, 4) is 0 Å². The Bertz CT molecular complexity index is 959. The van der Waals surface area contributed by atoms with E-state index in [9.17, 15) is 29.1 Å². The van der Waals surface area contributed by atoms with Gasteiger partial charge in [-0.05, 0) is 36.3 Å². The number of benzene rings is 1. The van der Waals surface area contributed by atoms with E-state index in [1.54, 1.807) is 13.2 Å². The first-order valence-electron chi connectivity index (χ1n) is 12.7. The number of carbonyl (C=O) groups excluding carboxylic acids is 1. The summed E-state index contributed by atoms with van der Waals surface area (Å²) in [5.41, 5.74) is 2.28. The molecule has 4 rings (SSSR count). The first-order valence-corrected chi connectivity index (χ1v) is 15.6. The maximum absolute atomic E-state index is 13.4. The molecule has 0 bridgehead atoms. The van der Waals surface area contributed by atoms with Gasteiger partial charge in [-0.1, -0.05) is 30.3 Å². The minimum Gasteiger partial charge on any atom is -0.392 e. The number of rotatable bonds is 7. The van der Waals surface area contributed by atoms with Crippen LogP contribution in [0, 0.1) is 5.92 Å². The third-order valence-electron chi connectivity index (χ3n) is 7.21. The molecule has 9 nitrogen and oxygen atoms in total. The molecule has 6 N–H and O–H groups in total. The molecule has 220 valence electrons. The van der Waals surface area contributed by atoms with Gasteiger partial charge >= 0.3 is 0 Å². The monoisotopic (exact) mass is 608 g/mol. The standard InChI is InChI=1S/C25H35ClN2O7S.CH3FS/c1-12(26)17(23-20(31)19(30)21(32)25(35-23)36-2)28-24(33)18-22-16(10-27-18)9-15(7-8-34-22)14-5-3-13(11-29)4-6-14;1-3-2/h3-6,9,12,16-23,25,27,29-32H,7-8,10-11H2,1-2H3,(H,28,33);1H3/t12-,16-,17+,18-,19+,20?,21+,22+,23+,25?;/m0./s1. The van der Waals surface area contributed by atoms with E-state index in [0.29, 0.717) is 19.6 Å². The Morgan fingerprint density at radius 1 is 1.21 bits per heavy atom. The van der Waals surface area contributed by atoms with Crippen molar-refractivity contribution in [2.24, 2.45) is 5.92 Å².